The first-order chi connectivity index (χ1) is 17.4. The van der Waals surface area contributed by atoms with E-state index >= 15 is 0 Å². The summed E-state index contributed by atoms with van der Waals surface area (Å²) in [6, 6.07) is 27.3. The van der Waals surface area contributed by atoms with Crippen LogP contribution in [0, 0.1) is 0 Å². The van der Waals surface area contributed by atoms with Crippen LogP contribution in [0.25, 0.3) is 0 Å². The zero-order chi connectivity index (χ0) is 26.9. The van der Waals surface area contributed by atoms with Gasteiger partial charge in [0.1, 0.15) is 5.76 Å². The van der Waals surface area contributed by atoms with E-state index in [2.05, 4.69) is 49.2 Å². The Labute approximate surface area is 217 Å². The molecule has 3 aromatic rings. The van der Waals surface area contributed by atoms with Crippen LogP contribution in [-0.4, -0.2) is 22.2 Å². The smallest absolute Gasteiger partial charge is 0.400 e. The zero-order valence-corrected chi connectivity index (χ0v) is 22.6. The Balaban J connectivity index is 1.84. The second-order valence-electron chi connectivity index (χ2n) is 10.0. The molecule has 0 amide bonds. The Bertz CT molecular complexity index is 1330. The van der Waals surface area contributed by atoms with Crippen LogP contribution in [-0.2, 0) is 25.1 Å². The molecule has 1 aliphatic carbocycles. The second kappa shape index (κ2) is 10.1. The Morgan fingerprint density at radius 2 is 1.32 bits per heavy atom. The van der Waals surface area contributed by atoms with Gasteiger partial charge >= 0.3 is 15.6 Å². The van der Waals surface area contributed by atoms with Crippen LogP contribution < -0.4 is 10.4 Å². The van der Waals surface area contributed by atoms with Gasteiger partial charge < -0.3 is 8.61 Å². The van der Waals surface area contributed by atoms with Crippen molar-refractivity contribution < 1.29 is 30.2 Å². The molecule has 0 spiro atoms. The third-order valence-electron chi connectivity index (χ3n) is 6.56. The topological polar surface area (TPSA) is 52.6 Å². The van der Waals surface area contributed by atoms with E-state index in [0.29, 0.717) is 5.56 Å². The molecule has 0 fully saturated rings. The maximum absolute atomic E-state index is 13.0. The fourth-order valence-electron chi connectivity index (χ4n) is 4.90. The molecular formula is C28H29F3O4SSi. The number of halogens is 3. The van der Waals surface area contributed by atoms with Gasteiger partial charge in [0.05, 0.1) is 6.10 Å². The molecule has 0 saturated carbocycles. The predicted molar refractivity (Wildman–Crippen MR) is 140 cm³/mol. The minimum Gasteiger partial charge on any atom is -0.400 e. The van der Waals surface area contributed by atoms with Gasteiger partial charge in [-0.2, -0.15) is 21.6 Å². The van der Waals surface area contributed by atoms with Gasteiger partial charge in [-0.15, -0.1) is 0 Å². The molecule has 37 heavy (non-hydrogen) atoms. The predicted octanol–water partition coefficient (Wildman–Crippen LogP) is 6.00. The summed E-state index contributed by atoms with van der Waals surface area (Å²) < 4.78 is 74.4. The van der Waals surface area contributed by atoms with Gasteiger partial charge in [-0.25, -0.2) is 0 Å². The lowest BCUT2D eigenvalue weighted by atomic mass is 10.0. The Morgan fingerprint density at radius 3 is 1.84 bits per heavy atom. The highest BCUT2D eigenvalue weighted by Crippen LogP contribution is 2.42. The van der Waals surface area contributed by atoms with E-state index in [1.54, 1.807) is 12.1 Å². The van der Waals surface area contributed by atoms with Gasteiger partial charge in [-0.3, -0.25) is 0 Å². The summed E-state index contributed by atoms with van der Waals surface area (Å²) in [5.41, 5.74) is -4.05. The van der Waals surface area contributed by atoms with Gasteiger partial charge in [0.2, 0.25) is 0 Å². The summed E-state index contributed by atoms with van der Waals surface area (Å²) in [6.07, 6.45) is 0.944. The number of hydrogen-bond acceptors (Lipinski definition) is 4. The van der Waals surface area contributed by atoms with Crippen LogP contribution >= 0.6 is 0 Å². The molecule has 4 nitrogen and oxygen atoms in total. The lowest BCUT2D eigenvalue weighted by molar-refractivity contribution is -0.0523. The molecule has 0 radical (unpaired) electrons. The third kappa shape index (κ3) is 5.39. The van der Waals surface area contributed by atoms with Crippen molar-refractivity contribution in [1.29, 1.82) is 0 Å². The normalized spacial score (nSPS) is 16.9. The Kier molecular flexibility index (Phi) is 7.42. The minimum atomic E-state index is -5.78. The number of benzene rings is 3. The molecule has 3 aromatic carbocycles. The van der Waals surface area contributed by atoms with Crippen molar-refractivity contribution in [2.75, 3.05) is 0 Å². The summed E-state index contributed by atoms with van der Waals surface area (Å²) in [4.78, 5) is 0. The number of hydrogen-bond donors (Lipinski definition) is 0. The summed E-state index contributed by atoms with van der Waals surface area (Å²) in [7, 11) is -8.77. The summed E-state index contributed by atoms with van der Waals surface area (Å²) in [6.45, 7) is 6.42. The molecule has 0 aromatic heterocycles. The van der Waals surface area contributed by atoms with Crippen LogP contribution in [0.3, 0.4) is 0 Å². The first-order valence-electron chi connectivity index (χ1n) is 11.9. The largest absolute Gasteiger partial charge is 0.534 e. The quantitative estimate of drug-likeness (QED) is 0.216. The van der Waals surface area contributed by atoms with E-state index in [0.717, 1.165) is 15.9 Å². The van der Waals surface area contributed by atoms with E-state index in [1.165, 1.54) is 6.08 Å². The van der Waals surface area contributed by atoms with Gasteiger partial charge in [-0.1, -0.05) is 106 Å². The first kappa shape index (κ1) is 27.2. The van der Waals surface area contributed by atoms with Crippen molar-refractivity contribution in [3.8, 4) is 0 Å². The monoisotopic (exact) mass is 546 g/mol. The fraction of sp³-hybridized carbons (Fsp3) is 0.286. The molecule has 1 unspecified atom stereocenters. The Hall–Kier alpha value is -2.88. The average molecular weight is 547 g/mol. The van der Waals surface area contributed by atoms with Crippen molar-refractivity contribution in [1.82, 2.24) is 0 Å². The van der Waals surface area contributed by atoms with Crippen molar-refractivity contribution in [2.45, 2.75) is 50.3 Å². The van der Waals surface area contributed by atoms with Crippen LogP contribution in [0.1, 0.15) is 44.4 Å². The van der Waals surface area contributed by atoms with Gasteiger partial charge in [0.25, 0.3) is 8.32 Å². The lowest BCUT2D eigenvalue weighted by Gasteiger charge is -2.45. The number of allylic oxidation sites excluding steroid dienone is 1. The number of alkyl halides is 3. The number of rotatable bonds is 6. The molecule has 0 aliphatic heterocycles. The highest BCUT2D eigenvalue weighted by atomic mass is 32.2. The van der Waals surface area contributed by atoms with E-state index in [1.807, 2.05) is 48.5 Å². The average Bonchev–Trinajstić information content (AvgIpc) is 3.00. The maximum atomic E-state index is 13.0. The Morgan fingerprint density at radius 1 is 0.811 bits per heavy atom. The molecular weight excluding hydrogens is 517 g/mol. The summed E-state index contributed by atoms with van der Waals surface area (Å²) in [5, 5.41) is 1.81. The van der Waals surface area contributed by atoms with Crippen LogP contribution in [0.5, 0.6) is 0 Å². The fourth-order valence-corrected chi connectivity index (χ4v) is 10.1. The first-order valence-corrected chi connectivity index (χ1v) is 15.2. The molecule has 0 bridgehead atoms. The summed E-state index contributed by atoms with van der Waals surface area (Å²) in [5.74, 6) is -0.265. The van der Waals surface area contributed by atoms with Crippen LogP contribution in [0.15, 0.2) is 96.8 Å². The highest BCUT2D eigenvalue weighted by molar-refractivity contribution is 7.87. The lowest BCUT2D eigenvalue weighted by Crippen LogP contribution is -2.66. The molecule has 4 rings (SSSR count). The number of fused-ring (bicyclic) bond motifs is 1. The van der Waals surface area contributed by atoms with Gasteiger partial charge in [-0.05, 0) is 39.0 Å². The zero-order valence-electron chi connectivity index (χ0n) is 20.8. The molecule has 1 atom stereocenters. The molecule has 196 valence electrons. The summed E-state index contributed by atoms with van der Waals surface area (Å²) >= 11 is 0. The molecule has 1 aliphatic rings. The van der Waals surface area contributed by atoms with Crippen molar-refractivity contribution >= 4 is 28.8 Å². The van der Waals surface area contributed by atoms with Gasteiger partial charge in [0, 0.05) is 6.42 Å². The molecule has 0 N–H and O–H groups in total. The molecule has 9 heteroatoms. The van der Waals surface area contributed by atoms with E-state index in [4.69, 9.17) is 4.43 Å². The molecule has 0 heterocycles. The van der Waals surface area contributed by atoms with E-state index in [9.17, 15) is 21.6 Å². The van der Waals surface area contributed by atoms with E-state index in [-0.39, 0.29) is 23.6 Å². The third-order valence-corrected chi connectivity index (χ3v) is 12.6. The van der Waals surface area contributed by atoms with Crippen LogP contribution in [0.4, 0.5) is 13.2 Å². The second-order valence-corrected chi connectivity index (χ2v) is 15.8. The van der Waals surface area contributed by atoms with Crippen molar-refractivity contribution in [2.24, 2.45) is 0 Å². The van der Waals surface area contributed by atoms with Crippen LogP contribution in [0.2, 0.25) is 5.04 Å². The van der Waals surface area contributed by atoms with Gasteiger partial charge in [0.15, 0.2) is 0 Å². The minimum absolute atomic E-state index is 0.0912. The molecule has 0 saturated heterocycles. The standard InChI is InChI=1S/C28H29F3O4SSi/c1-27(2,3)37(23-13-6-4-7-14-23,24-15-8-5-9-16-24)35-26-19-18-22(34-36(32,33)28(29,30)31)20-21-12-10-11-17-25(21)26/h4-18,26H,19-20H2,1-3H3. The van der Waals surface area contributed by atoms with E-state index < -0.39 is 30.0 Å². The maximum Gasteiger partial charge on any atom is 0.534 e. The SMILES string of the molecule is CC(C)(C)[Si](OC1CC=C(OS(=O)(=O)C(F)(F)F)Cc2ccccc21)(c1ccccc1)c1ccccc1. The van der Waals surface area contributed by atoms with Crippen molar-refractivity contribution in [3.63, 3.8) is 0 Å². The highest BCUT2D eigenvalue weighted by Gasteiger charge is 2.52. The van der Waals surface area contributed by atoms with Crippen molar-refractivity contribution in [3.05, 3.63) is 108 Å².